The quantitative estimate of drug-likeness (QED) is 0.881. The fraction of sp³-hybridized carbons (Fsp3) is 0.267. The van der Waals surface area contributed by atoms with Crippen LogP contribution in [0.3, 0.4) is 0 Å². The van der Waals surface area contributed by atoms with Crippen LogP contribution in [0.2, 0.25) is 0 Å². The number of nitrogens with zero attached hydrogens (tertiary/aromatic N) is 3. The molecule has 0 radical (unpaired) electrons. The van der Waals surface area contributed by atoms with E-state index in [2.05, 4.69) is 16.5 Å². The Kier molecular flexibility index (Phi) is 3.42. The first-order valence-electron chi connectivity index (χ1n) is 6.70. The summed E-state index contributed by atoms with van der Waals surface area (Å²) in [5, 5.41) is 25.6. The zero-order chi connectivity index (χ0) is 14.8. The number of hydrogen-bond acceptors (Lipinski definition) is 4. The molecule has 2 heterocycles. The summed E-state index contributed by atoms with van der Waals surface area (Å²) in [5.41, 5.74) is 3.39. The molecule has 1 aliphatic rings. The fourth-order valence-corrected chi connectivity index (χ4v) is 2.63. The van der Waals surface area contributed by atoms with Crippen LogP contribution in [-0.2, 0) is 19.5 Å². The number of rotatable bonds is 3. The number of aromatic carboxylic acids is 1. The lowest BCUT2D eigenvalue weighted by molar-refractivity contribution is 0.0688. The number of fused-ring (bicyclic) bond motifs is 1. The van der Waals surface area contributed by atoms with Gasteiger partial charge in [0.25, 0.3) is 0 Å². The first-order valence-corrected chi connectivity index (χ1v) is 6.70. The van der Waals surface area contributed by atoms with Crippen molar-refractivity contribution in [2.24, 2.45) is 0 Å². The molecule has 1 aromatic heterocycles. The maximum Gasteiger partial charge on any atom is 0.356 e. The van der Waals surface area contributed by atoms with Gasteiger partial charge in [-0.3, -0.25) is 4.68 Å². The first-order chi connectivity index (χ1) is 10.2. The molecule has 0 bridgehead atoms. The molecule has 0 unspecified atom stereocenters. The van der Waals surface area contributed by atoms with Crippen LogP contribution in [0.4, 0.5) is 0 Å². The van der Waals surface area contributed by atoms with Crippen molar-refractivity contribution in [1.29, 1.82) is 5.26 Å². The number of carbonyl (C=O) groups is 1. The highest BCUT2D eigenvalue weighted by molar-refractivity contribution is 5.87. The molecule has 1 aromatic carbocycles. The standard InChI is InChI=1S/C15H14N4O2/c16-7-10-2-1-3-11(6-10)9-19-13-4-5-17-8-12(13)14(18-19)15(20)21/h1-3,6,17H,4-5,8-9H2,(H,20,21). The minimum absolute atomic E-state index is 0.119. The van der Waals surface area contributed by atoms with Gasteiger partial charge in [-0.2, -0.15) is 10.4 Å². The maximum absolute atomic E-state index is 11.3. The summed E-state index contributed by atoms with van der Waals surface area (Å²) in [4.78, 5) is 11.3. The highest BCUT2D eigenvalue weighted by atomic mass is 16.4. The largest absolute Gasteiger partial charge is 0.476 e. The highest BCUT2D eigenvalue weighted by Gasteiger charge is 2.24. The van der Waals surface area contributed by atoms with E-state index in [1.54, 1.807) is 16.8 Å². The first kappa shape index (κ1) is 13.3. The van der Waals surface area contributed by atoms with E-state index in [1.165, 1.54) is 0 Å². The Hall–Kier alpha value is -2.65. The average Bonchev–Trinajstić information content (AvgIpc) is 2.87. The van der Waals surface area contributed by atoms with E-state index in [0.29, 0.717) is 18.7 Å². The monoisotopic (exact) mass is 282 g/mol. The van der Waals surface area contributed by atoms with Crippen LogP contribution >= 0.6 is 0 Å². The lowest BCUT2D eigenvalue weighted by atomic mass is 10.1. The number of hydrogen-bond donors (Lipinski definition) is 2. The van der Waals surface area contributed by atoms with Gasteiger partial charge in [-0.05, 0) is 17.7 Å². The number of benzene rings is 1. The SMILES string of the molecule is N#Cc1cccc(Cn2nc(C(=O)O)c3c2CCNC3)c1. The molecule has 106 valence electrons. The summed E-state index contributed by atoms with van der Waals surface area (Å²) in [6.07, 6.45) is 0.757. The summed E-state index contributed by atoms with van der Waals surface area (Å²) in [7, 11) is 0. The number of carboxylic acid groups (broad SMARTS) is 1. The summed E-state index contributed by atoms with van der Waals surface area (Å²) >= 11 is 0. The van der Waals surface area contributed by atoms with Crippen LogP contribution < -0.4 is 5.32 Å². The normalized spacial score (nSPS) is 13.5. The molecule has 0 aliphatic carbocycles. The molecule has 3 rings (SSSR count). The van der Waals surface area contributed by atoms with Crippen molar-refractivity contribution < 1.29 is 9.90 Å². The van der Waals surface area contributed by atoms with Crippen LogP contribution in [0.5, 0.6) is 0 Å². The van der Waals surface area contributed by atoms with Crippen molar-refractivity contribution in [1.82, 2.24) is 15.1 Å². The van der Waals surface area contributed by atoms with Crippen molar-refractivity contribution in [3.8, 4) is 6.07 Å². The van der Waals surface area contributed by atoms with Gasteiger partial charge in [-0.15, -0.1) is 0 Å². The van der Waals surface area contributed by atoms with Crippen molar-refractivity contribution >= 4 is 5.97 Å². The molecule has 0 amide bonds. The van der Waals surface area contributed by atoms with E-state index in [-0.39, 0.29) is 5.69 Å². The van der Waals surface area contributed by atoms with Gasteiger partial charge in [-0.25, -0.2) is 4.79 Å². The number of aromatic nitrogens is 2. The Balaban J connectivity index is 1.99. The van der Waals surface area contributed by atoms with Crippen LogP contribution in [0.1, 0.15) is 32.9 Å². The molecule has 21 heavy (non-hydrogen) atoms. The van der Waals surface area contributed by atoms with Gasteiger partial charge in [0.1, 0.15) is 0 Å². The van der Waals surface area contributed by atoms with E-state index in [4.69, 9.17) is 5.26 Å². The summed E-state index contributed by atoms with van der Waals surface area (Å²) < 4.78 is 1.75. The molecule has 6 heteroatoms. The van der Waals surface area contributed by atoms with E-state index in [1.807, 2.05) is 12.1 Å². The Labute approximate surface area is 121 Å². The van der Waals surface area contributed by atoms with Gasteiger partial charge in [0.2, 0.25) is 0 Å². The Morgan fingerprint density at radius 1 is 1.52 bits per heavy atom. The third-order valence-electron chi connectivity index (χ3n) is 3.60. The molecular weight excluding hydrogens is 268 g/mol. The average molecular weight is 282 g/mol. The van der Waals surface area contributed by atoms with Crippen molar-refractivity contribution in [2.45, 2.75) is 19.5 Å². The zero-order valence-electron chi connectivity index (χ0n) is 11.3. The summed E-state index contributed by atoms with van der Waals surface area (Å²) in [6.45, 7) is 1.83. The topological polar surface area (TPSA) is 90.9 Å². The Bertz CT molecular complexity index is 743. The van der Waals surface area contributed by atoms with Gasteiger partial charge in [0, 0.05) is 30.8 Å². The van der Waals surface area contributed by atoms with Gasteiger partial charge >= 0.3 is 5.97 Å². The third kappa shape index (κ3) is 2.51. The Morgan fingerprint density at radius 3 is 3.14 bits per heavy atom. The highest BCUT2D eigenvalue weighted by Crippen LogP contribution is 2.20. The molecule has 1 aliphatic heterocycles. The predicted molar refractivity (Wildman–Crippen MR) is 74.9 cm³/mol. The van der Waals surface area contributed by atoms with Crippen molar-refractivity contribution in [3.05, 3.63) is 52.3 Å². The second-order valence-electron chi connectivity index (χ2n) is 4.98. The van der Waals surface area contributed by atoms with Crippen LogP contribution in [0, 0.1) is 11.3 Å². The van der Waals surface area contributed by atoms with Gasteiger partial charge in [0.05, 0.1) is 18.2 Å². The summed E-state index contributed by atoms with van der Waals surface area (Å²) in [5.74, 6) is -1.00. The lowest BCUT2D eigenvalue weighted by Crippen LogP contribution is -2.25. The van der Waals surface area contributed by atoms with Gasteiger partial charge in [0.15, 0.2) is 5.69 Å². The number of nitriles is 1. The van der Waals surface area contributed by atoms with Crippen molar-refractivity contribution in [3.63, 3.8) is 0 Å². The van der Waals surface area contributed by atoms with E-state index < -0.39 is 5.97 Å². The zero-order valence-corrected chi connectivity index (χ0v) is 11.3. The molecule has 0 atom stereocenters. The molecular formula is C15H14N4O2. The molecule has 0 spiro atoms. The lowest BCUT2D eigenvalue weighted by Gasteiger charge is -2.15. The second-order valence-corrected chi connectivity index (χ2v) is 4.98. The molecule has 2 N–H and O–H groups in total. The minimum atomic E-state index is -1.00. The molecule has 0 fully saturated rings. The maximum atomic E-state index is 11.3. The Morgan fingerprint density at radius 2 is 2.38 bits per heavy atom. The van der Waals surface area contributed by atoms with E-state index >= 15 is 0 Å². The molecule has 6 nitrogen and oxygen atoms in total. The second kappa shape index (κ2) is 5.38. The third-order valence-corrected chi connectivity index (χ3v) is 3.60. The van der Waals surface area contributed by atoms with E-state index in [0.717, 1.165) is 29.8 Å². The van der Waals surface area contributed by atoms with Crippen LogP contribution in [-0.4, -0.2) is 27.4 Å². The fourth-order valence-electron chi connectivity index (χ4n) is 2.63. The van der Waals surface area contributed by atoms with Crippen molar-refractivity contribution in [2.75, 3.05) is 6.54 Å². The van der Waals surface area contributed by atoms with Crippen LogP contribution in [0.15, 0.2) is 24.3 Å². The minimum Gasteiger partial charge on any atom is -0.476 e. The smallest absolute Gasteiger partial charge is 0.356 e. The van der Waals surface area contributed by atoms with Gasteiger partial charge in [-0.1, -0.05) is 12.1 Å². The molecule has 0 saturated heterocycles. The summed E-state index contributed by atoms with van der Waals surface area (Å²) in [6, 6.07) is 9.39. The molecule has 2 aromatic rings. The van der Waals surface area contributed by atoms with E-state index in [9.17, 15) is 9.90 Å². The number of nitrogens with one attached hydrogen (secondary N) is 1. The number of carboxylic acids is 1. The van der Waals surface area contributed by atoms with Gasteiger partial charge < -0.3 is 10.4 Å². The predicted octanol–water partition coefficient (Wildman–Crippen LogP) is 1.15. The van der Waals surface area contributed by atoms with Crippen LogP contribution in [0.25, 0.3) is 0 Å². The molecule has 0 saturated carbocycles.